The van der Waals surface area contributed by atoms with Gasteiger partial charge in [0.25, 0.3) is 5.91 Å². The zero-order chi connectivity index (χ0) is 18.9. The molecule has 2 rings (SSSR count). The number of aryl methyl sites for hydroxylation is 2. The van der Waals surface area contributed by atoms with Crippen molar-refractivity contribution in [2.45, 2.75) is 46.1 Å². The van der Waals surface area contributed by atoms with Crippen molar-refractivity contribution >= 4 is 29.0 Å². The van der Waals surface area contributed by atoms with E-state index in [9.17, 15) is 9.59 Å². The average molecular weight is 375 g/mol. The maximum Gasteiger partial charge on any atom is 0.319 e. The summed E-state index contributed by atoms with van der Waals surface area (Å²) in [5.74, 6) is -0.136. The number of rotatable bonds is 8. The molecule has 1 heterocycles. The number of carbonyl (C=O) groups is 2. The first-order chi connectivity index (χ1) is 12.4. The molecular weight excluding hydrogens is 348 g/mol. The largest absolute Gasteiger partial charge is 0.352 e. The summed E-state index contributed by atoms with van der Waals surface area (Å²) in [6.45, 7) is 6.39. The molecule has 3 N–H and O–H groups in total. The van der Waals surface area contributed by atoms with E-state index in [-0.39, 0.29) is 18.0 Å². The normalized spacial score (nSPS) is 10.6. The van der Waals surface area contributed by atoms with Gasteiger partial charge in [-0.05, 0) is 58.2 Å². The molecule has 7 heteroatoms. The summed E-state index contributed by atoms with van der Waals surface area (Å²) in [4.78, 5) is 28.4. The van der Waals surface area contributed by atoms with E-state index in [1.54, 1.807) is 35.6 Å². The molecule has 140 valence electrons. The first-order valence-corrected chi connectivity index (χ1v) is 9.69. The Morgan fingerprint density at radius 2 is 2.04 bits per heavy atom. The van der Waals surface area contributed by atoms with E-state index in [4.69, 9.17) is 0 Å². The van der Waals surface area contributed by atoms with E-state index in [1.807, 2.05) is 20.8 Å². The first kappa shape index (κ1) is 19.9. The van der Waals surface area contributed by atoms with Crippen molar-refractivity contribution in [3.05, 3.63) is 45.9 Å². The van der Waals surface area contributed by atoms with Crippen molar-refractivity contribution in [3.8, 4) is 0 Å². The number of thiazole rings is 1. The van der Waals surface area contributed by atoms with Crippen LogP contribution in [0.2, 0.25) is 0 Å². The predicted molar refractivity (Wildman–Crippen MR) is 106 cm³/mol. The van der Waals surface area contributed by atoms with E-state index in [1.165, 1.54) is 0 Å². The van der Waals surface area contributed by atoms with Crippen LogP contribution in [0.3, 0.4) is 0 Å². The smallest absolute Gasteiger partial charge is 0.319 e. The number of amides is 3. The number of urea groups is 1. The standard InChI is InChI=1S/C19H26N4O2S/c1-13(2)21-19(25)23-16-8-6-7-15(11-16)18(24)20-10-5-4-9-17-22-14(3)12-26-17/h6-8,11-13H,4-5,9-10H2,1-3H3,(H,20,24)(H2,21,23,25). The maximum absolute atomic E-state index is 12.2. The molecule has 3 amide bonds. The fourth-order valence-corrected chi connectivity index (χ4v) is 3.21. The third-order valence-corrected chi connectivity index (χ3v) is 4.60. The number of unbranched alkanes of at least 4 members (excludes halogenated alkanes) is 1. The molecule has 0 saturated carbocycles. The molecule has 1 aromatic carbocycles. The van der Waals surface area contributed by atoms with Gasteiger partial charge in [-0.2, -0.15) is 0 Å². The van der Waals surface area contributed by atoms with Gasteiger partial charge in [0.1, 0.15) is 0 Å². The van der Waals surface area contributed by atoms with Crippen LogP contribution in [0.4, 0.5) is 10.5 Å². The Kier molecular flexibility index (Phi) is 7.59. The van der Waals surface area contributed by atoms with E-state index in [0.717, 1.165) is 30.0 Å². The Bertz CT molecular complexity index is 743. The summed E-state index contributed by atoms with van der Waals surface area (Å²) in [7, 11) is 0. The molecule has 0 aliphatic heterocycles. The number of aromatic nitrogens is 1. The Balaban J connectivity index is 1.74. The van der Waals surface area contributed by atoms with Crippen LogP contribution in [-0.2, 0) is 6.42 Å². The quantitative estimate of drug-likeness (QED) is 0.616. The fraction of sp³-hybridized carbons (Fsp3) is 0.421. The van der Waals surface area contributed by atoms with E-state index >= 15 is 0 Å². The average Bonchev–Trinajstić information content (AvgIpc) is 2.99. The number of nitrogens with one attached hydrogen (secondary N) is 3. The van der Waals surface area contributed by atoms with Crippen LogP contribution in [0.25, 0.3) is 0 Å². The van der Waals surface area contributed by atoms with Crippen molar-refractivity contribution in [3.63, 3.8) is 0 Å². The van der Waals surface area contributed by atoms with Crippen LogP contribution >= 0.6 is 11.3 Å². The molecule has 0 spiro atoms. The highest BCUT2D eigenvalue weighted by Gasteiger charge is 2.08. The molecule has 0 fully saturated rings. The molecule has 26 heavy (non-hydrogen) atoms. The molecular formula is C19H26N4O2S. The van der Waals surface area contributed by atoms with E-state index < -0.39 is 0 Å². The van der Waals surface area contributed by atoms with Crippen molar-refractivity contribution in [1.29, 1.82) is 0 Å². The lowest BCUT2D eigenvalue weighted by molar-refractivity contribution is 0.0953. The third-order valence-electron chi connectivity index (χ3n) is 3.57. The van der Waals surface area contributed by atoms with Crippen LogP contribution in [0.5, 0.6) is 0 Å². The van der Waals surface area contributed by atoms with Gasteiger partial charge < -0.3 is 16.0 Å². The van der Waals surface area contributed by atoms with Crippen LogP contribution in [0, 0.1) is 6.92 Å². The van der Waals surface area contributed by atoms with Gasteiger partial charge in [0.05, 0.1) is 5.01 Å². The van der Waals surface area contributed by atoms with Gasteiger partial charge in [-0.15, -0.1) is 11.3 Å². The summed E-state index contributed by atoms with van der Waals surface area (Å²) in [6, 6.07) is 6.69. The highest BCUT2D eigenvalue weighted by Crippen LogP contribution is 2.12. The zero-order valence-electron chi connectivity index (χ0n) is 15.5. The second kappa shape index (κ2) is 9.91. The zero-order valence-corrected chi connectivity index (χ0v) is 16.3. The number of benzene rings is 1. The predicted octanol–water partition coefficient (Wildman–Crippen LogP) is 3.73. The molecule has 0 aliphatic carbocycles. The van der Waals surface area contributed by atoms with Crippen LogP contribution in [-0.4, -0.2) is 29.5 Å². The highest BCUT2D eigenvalue weighted by molar-refractivity contribution is 7.09. The van der Waals surface area contributed by atoms with Crippen molar-refractivity contribution in [1.82, 2.24) is 15.6 Å². The highest BCUT2D eigenvalue weighted by atomic mass is 32.1. The molecule has 0 radical (unpaired) electrons. The first-order valence-electron chi connectivity index (χ1n) is 8.81. The monoisotopic (exact) mass is 374 g/mol. The Labute approximate surface area is 158 Å². The number of hydrogen-bond acceptors (Lipinski definition) is 4. The van der Waals surface area contributed by atoms with Gasteiger partial charge in [0, 0.05) is 34.9 Å². The lowest BCUT2D eigenvalue weighted by Crippen LogP contribution is -2.34. The lowest BCUT2D eigenvalue weighted by Gasteiger charge is -2.11. The maximum atomic E-state index is 12.2. The summed E-state index contributed by atoms with van der Waals surface area (Å²) in [5, 5.41) is 11.6. The summed E-state index contributed by atoms with van der Waals surface area (Å²) < 4.78 is 0. The third kappa shape index (κ3) is 6.84. The van der Waals surface area contributed by atoms with Crippen molar-refractivity contribution in [2.75, 3.05) is 11.9 Å². The molecule has 6 nitrogen and oxygen atoms in total. The SMILES string of the molecule is Cc1csc(CCCCNC(=O)c2cccc(NC(=O)NC(C)C)c2)n1. The number of anilines is 1. The molecule has 2 aromatic rings. The summed E-state index contributed by atoms with van der Waals surface area (Å²) in [6.07, 6.45) is 2.84. The van der Waals surface area contributed by atoms with Gasteiger partial charge in [-0.25, -0.2) is 9.78 Å². The van der Waals surface area contributed by atoms with Crippen molar-refractivity contribution in [2.24, 2.45) is 0 Å². The molecule has 0 atom stereocenters. The van der Waals surface area contributed by atoms with Gasteiger partial charge in [-0.3, -0.25) is 4.79 Å². The Hall–Kier alpha value is -2.41. The van der Waals surface area contributed by atoms with E-state index in [2.05, 4.69) is 26.3 Å². The summed E-state index contributed by atoms with van der Waals surface area (Å²) in [5.41, 5.74) is 2.19. The van der Waals surface area contributed by atoms with Crippen LogP contribution < -0.4 is 16.0 Å². The number of nitrogens with zero attached hydrogens (tertiary/aromatic N) is 1. The minimum Gasteiger partial charge on any atom is -0.352 e. The fourth-order valence-electron chi connectivity index (χ4n) is 2.39. The van der Waals surface area contributed by atoms with Gasteiger partial charge >= 0.3 is 6.03 Å². The molecule has 0 aliphatic rings. The van der Waals surface area contributed by atoms with Gasteiger partial charge in [0.2, 0.25) is 0 Å². The Morgan fingerprint density at radius 3 is 2.73 bits per heavy atom. The number of hydrogen-bond donors (Lipinski definition) is 3. The number of carbonyl (C=O) groups excluding carboxylic acids is 2. The lowest BCUT2D eigenvalue weighted by atomic mass is 10.2. The minimum atomic E-state index is -0.282. The summed E-state index contributed by atoms with van der Waals surface area (Å²) >= 11 is 1.68. The molecule has 0 saturated heterocycles. The minimum absolute atomic E-state index is 0.0507. The van der Waals surface area contributed by atoms with Crippen molar-refractivity contribution < 1.29 is 9.59 Å². The molecule has 1 aromatic heterocycles. The van der Waals surface area contributed by atoms with Gasteiger partial charge in [0.15, 0.2) is 0 Å². The second-order valence-electron chi connectivity index (χ2n) is 6.43. The molecule has 0 unspecified atom stereocenters. The van der Waals surface area contributed by atoms with Crippen LogP contribution in [0.15, 0.2) is 29.6 Å². The second-order valence-corrected chi connectivity index (χ2v) is 7.37. The Morgan fingerprint density at radius 1 is 1.23 bits per heavy atom. The van der Waals surface area contributed by atoms with Gasteiger partial charge in [-0.1, -0.05) is 6.07 Å². The van der Waals surface area contributed by atoms with Crippen LogP contribution in [0.1, 0.15) is 47.7 Å². The van der Waals surface area contributed by atoms with E-state index in [0.29, 0.717) is 17.8 Å². The molecule has 0 bridgehead atoms. The topological polar surface area (TPSA) is 83.1 Å².